The summed E-state index contributed by atoms with van der Waals surface area (Å²) in [7, 11) is 0. The van der Waals surface area contributed by atoms with E-state index >= 15 is 0 Å². The van der Waals surface area contributed by atoms with Gasteiger partial charge in [-0.05, 0) is 0 Å². The summed E-state index contributed by atoms with van der Waals surface area (Å²) in [6.07, 6.45) is 2.72. The lowest BCUT2D eigenvalue weighted by Crippen LogP contribution is -2.18. The molecule has 0 spiro atoms. The number of nitrogens with zero attached hydrogens (tertiary/aromatic N) is 4. The van der Waals surface area contributed by atoms with Crippen molar-refractivity contribution in [3.05, 3.63) is 33.1 Å². The number of H-pyrrole nitrogens is 2. The minimum absolute atomic E-state index is 0.132. The van der Waals surface area contributed by atoms with E-state index in [0.717, 1.165) is 0 Å². The number of aromatic nitrogens is 6. The van der Waals surface area contributed by atoms with Gasteiger partial charge in [-0.1, -0.05) is 5.21 Å². The summed E-state index contributed by atoms with van der Waals surface area (Å²) < 4.78 is 1.27. The van der Waals surface area contributed by atoms with Crippen molar-refractivity contribution in [1.29, 1.82) is 0 Å². The number of hydrogen-bond donors (Lipinski definition) is 2. The highest BCUT2D eigenvalue weighted by Gasteiger charge is 2.08. The maximum Gasteiger partial charge on any atom is 0.290 e. The van der Waals surface area contributed by atoms with Crippen LogP contribution in [0.2, 0.25) is 0 Å². The van der Waals surface area contributed by atoms with Crippen LogP contribution in [-0.4, -0.2) is 30.0 Å². The first kappa shape index (κ1) is 7.85. The van der Waals surface area contributed by atoms with Gasteiger partial charge in [-0.25, -0.2) is 9.61 Å². The Morgan fingerprint density at radius 3 is 2.87 bits per heavy atom. The van der Waals surface area contributed by atoms with Crippen molar-refractivity contribution in [3.8, 4) is 0 Å². The molecule has 0 fully saturated rings. The van der Waals surface area contributed by atoms with Crippen molar-refractivity contribution in [1.82, 2.24) is 30.0 Å². The second kappa shape index (κ2) is 2.50. The van der Waals surface area contributed by atoms with Crippen LogP contribution in [0.15, 0.2) is 22.0 Å². The van der Waals surface area contributed by atoms with E-state index in [0.29, 0.717) is 5.52 Å². The SMILES string of the molecule is O=c1[nH]ncc2c1[nH]c(=O)c1cnnn12. The Kier molecular flexibility index (Phi) is 1.31. The van der Waals surface area contributed by atoms with Crippen molar-refractivity contribution in [2.75, 3.05) is 0 Å². The number of hydrogen-bond acceptors (Lipinski definition) is 5. The van der Waals surface area contributed by atoms with Crippen LogP contribution >= 0.6 is 0 Å². The molecule has 0 amide bonds. The molecule has 15 heavy (non-hydrogen) atoms. The number of rotatable bonds is 0. The van der Waals surface area contributed by atoms with Gasteiger partial charge in [0, 0.05) is 0 Å². The molecule has 0 radical (unpaired) electrons. The van der Waals surface area contributed by atoms with Crippen molar-refractivity contribution < 1.29 is 0 Å². The fourth-order valence-corrected chi connectivity index (χ4v) is 1.42. The summed E-state index contributed by atoms with van der Waals surface area (Å²) in [6.45, 7) is 0. The number of fused-ring (bicyclic) bond motifs is 3. The van der Waals surface area contributed by atoms with Crippen LogP contribution in [0.1, 0.15) is 0 Å². The highest BCUT2D eigenvalue weighted by Crippen LogP contribution is 2.02. The maximum absolute atomic E-state index is 11.5. The second-order valence-corrected chi connectivity index (χ2v) is 2.94. The van der Waals surface area contributed by atoms with Gasteiger partial charge in [-0.15, -0.1) is 5.10 Å². The average Bonchev–Trinajstić information content (AvgIpc) is 2.69. The van der Waals surface area contributed by atoms with E-state index in [1.807, 2.05) is 0 Å². The van der Waals surface area contributed by atoms with Gasteiger partial charge in [0.25, 0.3) is 11.1 Å². The van der Waals surface area contributed by atoms with E-state index in [4.69, 9.17) is 0 Å². The lowest BCUT2D eigenvalue weighted by atomic mass is 10.4. The Morgan fingerprint density at radius 2 is 2.00 bits per heavy atom. The molecule has 0 aromatic carbocycles. The largest absolute Gasteiger partial charge is 0.314 e. The topological polar surface area (TPSA) is 109 Å². The van der Waals surface area contributed by atoms with E-state index in [2.05, 4.69) is 25.5 Å². The summed E-state index contributed by atoms with van der Waals surface area (Å²) in [6, 6.07) is 0. The van der Waals surface area contributed by atoms with Crippen LogP contribution in [0.3, 0.4) is 0 Å². The zero-order chi connectivity index (χ0) is 10.4. The highest BCUT2D eigenvalue weighted by molar-refractivity contribution is 5.74. The second-order valence-electron chi connectivity index (χ2n) is 2.94. The van der Waals surface area contributed by atoms with Crippen molar-refractivity contribution >= 4 is 16.6 Å². The molecule has 0 aliphatic rings. The molecular formula is C7H4N6O2. The van der Waals surface area contributed by atoms with Gasteiger partial charge in [0.05, 0.1) is 12.4 Å². The van der Waals surface area contributed by atoms with Gasteiger partial charge in [0.2, 0.25) is 0 Å². The molecule has 0 atom stereocenters. The van der Waals surface area contributed by atoms with E-state index in [1.165, 1.54) is 16.9 Å². The third-order valence-corrected chi connectivity index (χ3v) is 2.08. The molecule has 8 heteroatoms. The molecule has 3 heterocycles. The zero-order valence-corrected chi connectivity index (χ0v) is 7.26. The molecule has 0 aliphatic carbocycles. The molecule has 3 aromatic heterocycles. The molecule has 0 saturated heterocycles. The monoisotopic (exact) mass is 204 g/mol. The summed E-state index contributed by atoms with van der Waals surface area (Å²) in [5.74, 6) is 0. The van der Waals surface area contributed by atoms with Gasteiger partial charge in [-0.3, -0.25) is 9.59 Å². The van der Waals surface area contributed by atoms with E-state index in [9.17, 15) is 9.59 Å². The standard InChI is InChI=1S/C7H4N6O2/c14-6-4-2-9-12-13(4)3-1-8-11-7(15)5(3)10-6/h1-2H,(H,10,14)(H,11,15). The Balaban J connectivity index is 2.79. The molecule has 74 valence electrons. The van der Waals surface area contributed by atoms with Crippen molar-refractivity contribution in [2.45, 2.75) is 0 Å². The van der Waals surface area contributed by atoms with Crippen LogP contribution < -0.4 is 11.1 Å². The molecule has 2 N–H and O–H groups in total. The highest BCUT2D eigenvalue weighted by atomic mass is 16.1. The summed E-state index contributed by atoms with van der Waals surface area (Å²) >= 11 is 0. The van der Waals surface area contributed by atoms with E-state index in [1.54, 1.807) is 0 Å². The van der Waals surface area contributed by atoms with Crippen LogP contribution in [0.4, 0.5) is 0 Å². The number of aromatic amines is 2. The van der Waals surface area contributed by atoms with Crippen LogP contribution in [0.25, 0.3) is 16.6 Å². The Labute approximate surface area is 80.6 Å². The van der Waals surface area contributed by atoms with E-state index < -0.39 is 11.1 Å². The fraction of sp³-hybridized carbons (Fsp3) is 0. The molecular weight excluding hydrogens is 200 g/mol. The predicted molar refractivity (Wildman–Crippen MR) is 49.5 cm³/mol. The van der Waals surface area contributed by atoms with Gasteiger partial charge >= 0.3 is 0 Å². The molecule has 8 nitrogen and oxygen atoms in total. The third-order valence-electron chi connectivity index (χ3n) is 2.08. The zero-order valence-electron chi connectivity index (χ0n) is 7.26. The first-order valence-electron chi connectivity index (χ1n) is 4.07. The lowest BCUT2D eigenvalue weighted by molar-refractivity contribution is 0.866. The average molecular weight is 204 g/mol. The quantitative estimate of drug-likeness (QED) is 0.470. The molecule has 0 unspecified atom stereocenters. The lowest BCUT2D eigenvalue weighted by Gasteiger charge is -1.97. The summed E-state index contributed by atoms with van der Waals surface area (Å²) in [5, 5.41) is 13.1. The van der Waals surface area contributed by atoms with E-state index in [-0.39, 0.29) is 11.0 Å². The van der Waals surface area contributed by atoms with Crippen molar-refractivity contribution in [3.63, 3.8) is 0 Å². The Morgan fingerprint density at radius 1 is 1.13 bits per heavy atom. The predicted octanol–water partition coefficient (Wildman–Crippen LogP) is -1.35. The number of nitrogens with one attached hydrogen (secondary N) is 2. The fourth-order valence-electron chi connectivity index (χ4n) is 1.42. The molecule has 0 bridgehead atoms. The summed E-state index contributed by atoms with van der Waals surface area (Å²) in [5.41, 5.74) is -0.0695. The Hall–Kier alpha value is -2.51. The first-order valence-corrected chi connectivity index (χ1v) is 4.07. The summed E-state index contributed by atoms with van der Waals surface area (Å²) in [4.78, 5) is 25.3. The smallest absolute Gasteiger partial charge is 0.290 e. The van der Waals surface area contributed by atoms with Crippen LogP contribution in [-0.2, 0) is 0 Å². The van der Waals surface area contributed by atoms with Gasteiger partial charge < -0.3 is 4.98 Å². The Bertz CT molecular complexity index is 766. The molecule has 3 aromatic rings. The molecule has 3 rings (SSSR count). The van der Waals surface area contributed by atoms with Gasteiger partial charge in [0.15, 0.2) is 5.52 Å². The maximum atomic E-state index is 11.5. The minimum atomic E-state index is -0.470. The molecule has 0 aliphatic heterocycles. The first-order chi connectivity index (χ1) is 7.27. The van der Waals surface area contributed by atoms with Crippen molar-refractivity contribution in [2.24, 2.45) is 0 Å². The third kappa shape index (κ3) is 0.923. The molecule has 0 saturated carbocycles. The minimum Gasteiger partial charge on any atom is -0.314 e. The van der Waals surface area contributed by atoms with Gasteiger partial charge in [-0.2, -0.15) is 5.10 Å². The van der Waals surface area contributed by atoms with Crippen LogP contribution in [0.5, 0.6) is 0 Å². The van der Waals surface area contributed by atoms with Crippen LogP contribution in [0, 0.1) is 0 Å². The normalized spacial score (nSPS) is 11.2. The van der Waals surface area contributed by atoms with Gasteiger partial charge in [0.1, 0.15) is 11.0 Å².